The van der Waals surface area contributed by atoms with E-state index in [-0.39, 0.29) is 11.3 Å². The van der Waals surface area contributed by atoms with Crippen LogP contribution in [0.5, 0.6) is 5.75 Å². The number of nitrogens with zero attached hydrogens (tertiary/aromatic N) is 2. The highest BCUT2D eigenvalue weighted by Crippen LogP contribution is 2.26. The lowest BCUT2D eigenvalue weighted by atomic mass is 9.87. The summed E-state index contributed by atoms with van der Waals surface area (Å²) in [6.45, 7) is 10.1. The lowest BCUT2D eigenvalue weighted by molar-refractivity contribution is -0.122. The molecule has 1 N–H and O–H groups in total. The van der Waals surface area contributed by atoms with Crippen LogP contribution in [0, 0.1) is 0 Å². The molecule has 0 saturated heterocycles. The van der Waals surface area contributed by atoms with Crippen LogP contribution in [0.2, 0.25) is 0 Å². The maximum atomic E-state index is 12.2. The fourth-order valence-corrected chi connectivity index (χ4v) is 2.63. The van der Waals surface area contributed by atoms with Gasteiger partial charge in [0.15, 0.2) is 6.10 Å². The van der Waals surface area contributed by atoms with Crippen LogP contribution in [-0.2, 0) is 16.6 Å². The molecule has 5 nitrogen and oxygen atoms in total. The van der Waals surface area contributed by atoms with Crippen LogP contribution < -0.4 is 10.1 Å². The Labute approximate surface area is 141 Å². The molecule has 2 rings (SSSR count). The fraction of sp³-hybridized carbons (Fsp3) is 0.471. The molecule has 1 aromatic carbocycles. The molecule has 0 aliphatic rings. The Balaban J connectivity index is 2.00. The number of anilines is 1. The maximum absolute atomic E-state index is 12.2. The Morgan fingerprint density at radius 1 is 1.35 bits per heavy atom. The SMILES string of the molecule is CCc1nnc(NC(=O)C(C)Oc2cccc(C(C)(C)C)c2)s1. The molecule has 1 atom stereocenters. The van der Waals surface area contributed by atoms with Gasteiger partial charge in [0.2, 0.25) is 5.13 Å². The van der Waals surface area contributed by atoms with Crippen molar-refractivity contribution in [1.82, 2.24) is 10.2 Å². The predicted octanol–water partition coefficient (Wildman–Crippen LogP) is 3.80. The molecule has 0 aliphatic heterocycles. The van der Waals surface area contributed by atoms with Crippen LogP contribution in [0.1, 0.15) is 45.2 Å². The van der Waals surface area contributed by atoms with Crippen LogP contribution in [0.3, 0.4) is 0 Å². The van der Waals surface area contributed by atoms with E-state index in [1.54, 1.807) is 6.92 Å². The first-order valence-electron chi connectivity index (χ1n) is 7.70. The third-order valence-electron chi connectivity index (χ3n) is 3.38. The second kappa shape index (κ2) is 7.08. The largest absolute Gasteiger partial charge is 0.481 e. The first-order chi connectivity index (χ1) is 10.8. The Kier molecular flexibility index (Phi) is 5.36. The minimum atomic E-state index is -0.612. The van der Waals surface area contributed by atoms with Crippen molar-refractivity contribution < 1.29 is 9.53 Å². The number of ether oxygens (including phenoxy) is 1. The summed E-state index contributed by atoms with van der Waals surface area (Å²) >= 11 is 1.38. The monoisotopic (exact) mass is 333 g/mol. The second-order valence-electron chi connectivity index (χ2n) is 6.38. The number of rotatable bonds is 5. The number of hydrogen-bond acceptors (Lipinski definition) is 5. The smallest absolute Gasteiger partial charge is 0.266 e. The number of carbonyl (C=O) groups is 1. The van der Waals surface area contributed by atoms with Crippen molar-refractivity contribution in [2.45, 2.75) is 52.6 Å². The molecule has 1 amide bonds. The molecule has 1 aromatic heterocycles. The zero-order chi connectivity index (χ0) is 17.0. The number of amides is 1. The molecule has 0 spiro atoms. The van der Waals surface area contributed by atoms with Crippen LogP contribution in [0.25, 0.3) is 0 Å². The quantitative estimate of drug-likeness (QED) is 0.904. The van der Waals surface area contributed by atoms with E-state index in [1.807, 2.05) is 25.1 Å². The van der Waals surface area contributed by atoms with Gasteiger partial charge in [0.25, 0.3) is 5.91 Å². The molecule has 0 fully saturated rings. The van der Waals surface area contributed by atoms with E-state index in [9.17, 15) is 4.79 Å². The van der Waals surface area contributed by atoms with Crippen LogP contribution >= 0.6 is 11.3 Å². The number of benzene rings is 1. The Morgan fingerprint density at radius 3 is 2.70 bits per heavy atom. The van der Waals surface area contributed by atoms with Gasteiger partial charge in [-0.3, -0.25) is 10.1 Å². The summed E-state index contributed by atoms with van der Waals surface area (Å²) in [7, 11) is 0. The summed E-state index contributed by atoms with van der Waals surface area (Å²) in [4.78, 5) is 12.2. The van der Waals surface area contributed by atoms with Gasteiger partial charge in [-0.1, -0.05) is 51.2 Å². The van der Waals surface area contributed by atoms with Crippen molar-refractivity contribution in [2.75, 3.05) is 5.32 Å². The number of hydrogen-bond donors (Lipinski definition) is 1. The first-order valence-corrected chi connectivity index (χ1v) is 8.51. The highest BCUT2D eigenvalue weighted by atomic mass is 32.1. The fourth-order valence-electron chi connectivity index (χ4n) is 1.95. The summed E-state index contributed by atoms with van der Waals surface area (Å²) in [6, 6.07) is 7.84. The van der Waals surface area contributed by atoms with Crippen molar-refractivity contribution in [3.8, 4) is 5.75 Å². The Morgan fingerprint density at radius 2 is 2.09 bits per heavy atom. The van der Waals surface area contributed by atoms with E-state index in [0.717, 1.165) is 11.4 Å². The van der Waals surface area contributed by atoms with Gasteiger partial charge in [0.1, 0.15) is 10.8 Å². The average Bonchev–Trinajstić information content (AvgIpc) is 2.94. The van der Waals surface area contributed by atoms with Crippen molar-refractivity contribution in [3.05, 3.63) is 34.8 Å². The maximum Gasteiger partial charge on any atom is 0.266 e. The van der Waals surface area contributed by atoms with E-state index in [2.05, 4.69) is 42.4 Å². The van der Waals surface area contributed by atoms with Crippen molar-refractivity contribution in [3.63, 3.8) is 0 Å². The second-order valence-corrected chi connectivity index (χ2v) is 7.44. The van der Waals surface area contributed by atoms with E-state index in [0.29, 0.717) is 10.9 Å². The van der Waals surface area contributed by atoms with Gasteiger partial charge < -0.3 is 4.74 Å². The first kappa shape index (κ1) is 17.4. The third-order valence-corrected chi connectivity index (χ3v) is 4.36. The van der Waals surface area contributed by atoms with Gasteiger partial charge in [-0.15, -0.1) is 10.2 Å². The lowest BCUT2D eigenvalue weighted by Gasteiger charge is -2.20. The van der Waals surface area contributed by atoms with E-state index in [4.69, 9.17) is 4.74 Å². The highest BCUT2D eigenvalue weighted by molar-refractivity contribution is 7.15. The molecule has 0 aliphatic carbocycles. The summed E-state index contributed by atoms with van der Waals surface area (Å²) in [6.07, 6.45) is 0.193. The lowest BCUT2D eigenvalue weighted by Crippen LogP contribution is -2.30. The number of aryl methyl sites for hydroxylation is 1. The van der Waals surface area contributed by atoms with Crippen molar-refractivity contribution in [1.29, 1.82) is 0 Å². The molecular formula is C17H23N3O2S. The average molecular weight is 333 g/mol. The molecule has 2 aromatic rings. The van der Waals surface area contributed by atoms with Gasteiger partial charge in [-0.2, -0.15) is 0 Å². The number of aromatic nitrogens is 2. The number of carbonyl (C=O) groups excluding carboxylic acids is 1. The van der Waals surface area contributed by atoms with E-state index >= 15 is 0 Å². The van der Waals surface area contributed by atoms with Crippen LogP contribution in [0.15, 0.2) is 24.3 Å². The molecule has 0 saturated carbocycles. The van der Waals surface area contributed by atoms with Gasteiger partial charge in [0, 0.05) is 0 Å². The molecule has 0 bridgehead atoms. The third kappa shape index (κ3) is 4.76. The summed E-state index contributed by atoms with van der Waals surface area (Å²) < 4.78 is 5.76. The van der Waals surface area contributed by atoms with E-state index < -0.39 is 6.10 Å². The topological polar surface area (TPSA) is 64.1 Å². The molecule has 23 heavy (non-hydrogen) atoms. The minimum Gasteiger partial charge on any atom is -0.481 e. The zero-order valence-electron chi connectivity index (χ0n) is 14.2. The Hall–Kier alpha value is -1.95. The normalized spacial score (nSPS) is 12.7. The highest BCUT2D eigenvalue weighted by Gasteiger charge is 2.18. The van der Waals surface area contributed by atoms with Crippen LogP contribution in [-0.4, -0.2) is 22.2 Å². The molecule has 1 unspecified atom stereocenters. The zero-order valence-corrected chi connectivity index (χ0v) is 15.0. The molecule has 6 heteroatoms. The number of nitrogens with one attached hydrogen (secondary N) is 1. The summed E-state index contributed by atoms with van der Waals surface area (Å²) in [5, 5.41) is 12.1. The summed E-state index contributed by atoms with van der Waals surface area (Å²) in [5.41, 5.74) is 1.20. The molecule has 124 valence electrons. The molecular weight excluding hydrogens is 310 g/mol. The minimum absolute atomic E-state index is 0.0357. The van der Waals surface area contributed by atoms with Crippen molar-refractivity contribution in [2.24, 2.45) is 0 Å². The van der Waals surface area contributed by atoms with E-state index in [1.165, 1.54) is 16.9 Å². The van der Waals surface area contributed by atoms with Gasteiger partial charge in [-0.05, 0) is 36.5 Å². The van der Waals surface area contributed by atoms with Crippen LogP contribution in [0.4, 0.5) is 5.13 Å². The molecule has 1 heterocycles. The Bertz CT molecular complexity index is 676. The molecule has 0 radical (unpaired) electrons. The predicted molar refractivity (Wildman–Crippen MR) is 93.1 cm³/mol. The van der Waals surface area contributed by atoms with Gasteiger partial charge in [0.05, 0.1) is 0 Å². The standard InChI is InChI=1S/C17H23N3O2S/c1-6-14-19-20-16(23-14)18-15(21)11(2)22-13-9-7-8-12(10-13)17(3,4)5/h7-11H,6H2,1-5H3,(H,18,20,21). The van der Waals surface area contributed by atoms with Crippen molar-refractivity contribution >= 4 is 22.4 Å². The summed E-state index contributed by atoms with van der Waals surface area (Å²) in [5.74, 6) is 0.455. The van der Waals surface area contributed by atoms with Gasteiger partial charge >= 0.3 is 0 Å². The van der Waals surface area contributed by atoms with Gasteiger partial charge in [-0.25, -0.2) is 0 Å².